The SMILES string of the molecule is C[C@@H]1CCCCN1C(=O)c1ccc(NCc2ncnn2C)cc1Cl. The van der Waals surface area contributed by atoms with Crippen LogP contribution in [0.1, 0.15) is 42.4 Å². The van der Waals surface area contributed by atoms with E-state index in [9.17, 15) is 4.79 Å². The monoisotopic (exact) mass is 347 g/mol. The van der Waals surface area contributed by atoms with Gasteiger partial charge < -0.3 is 10.2 Å². The number of piperidine rings is 1. The molecule has 1 aromatic carbocycles. The van der Waals surface area contributed by atoms with Crippen molar-refractivity contribution in [2.75, 3.05) is 11.9 Å². The fourth-order valence-corrected chi connectivity index (χ4v) is 3.28. The third-order valence-electron chi connectivity index (χ3n) is 4.52. The van der Waals surface area contributed by atoms with Crippen LogP contribution in [-0.2, 0) is 13.6 Å². The van der Waals surface area contributed by atoms with E-state index in [4.69, 9.17) is 11.6 Å². The van der Waals surface area contributed by atoms with E-state index >= 15 is 0 Å². The summed E-state index contributed by atoms with van der Waals surface area (Å²) in [6.45, 7) is 3.45. The van der Waals surface area contributed by atoms with Crippen LogP contribution in [0.5, 0.6) is 0 Å². The Morgan fingerprint density at radius 2 is 2.25 bits per heavy atom. The Balaban J connectivity index is 1.70. The summed E-state index contributed by atoms with van der Waals surface area (Å²) in [4.78, 5) is 18.8. The van der Waals surface area contributed by atoms with Crippen molar-refractivity contribution >= 4 is 23.2 Å². The lowest BCUT2D eigenvalue weighted by atomic mass is 10.0. The lowest BCUT2D eigenvalue weighted by Crippen LogP contribution is -2.42. The number of carbonyl (C=O) groups excluding carboxylic acids is 1. The second kappa shape index (κ2) is 7.21. The number of likely N-dealkylation sites (tertiary alicyclic amines) is 1. The molecular formula is C17H22ClN5O. The van der Waals surface area contributed by atoms with Crippen molar-refractivity contribution in [2.45, 2.75) is 38.8 Å². The van der Waals surface area contributed by atoms with Crippen LogP contribution in [0.3, 0.4) is 0 Å². The molecule has 1 N–H and O–H groups in total. The van der Waals surface area contributed by atoms with Gasteiger partial charge in [0.25, 0.3) is 5.91 Å². The molecule has 2 heterocycles. The van der Waals surface area contributed by atoms with Gasteiger partial charge in [-0.05, 0) is 44.4 Å². The molecule has 0 unspecified atom stereocenters. The molecule has 7 heteroatoms. The molecule has 0 saturated carbocycles. The third-order valence-corrected chi connectivity index (χ3v) is 4.83. The van der Waals surface area contributed by atoms with Gasteiger partial charge in [0, 0.05) is 25.3 Å². The van der Waals surface area contributed by atoms with E-state index in [-0.39, 0.29) is 11.9 Å². The van der Waals surface area contributed by atoms with Gasteiger partial charge in [-0.25, -0.2) is 4.98 Å². The minimum Gasteiger partial charge on any atom is -0.378 e. The van der Waals surface area contributed by atoms with Gasteiger partial charge in [0.15, 0.2) is 0 Å². The lowest BCUT2D eigenvalue weighted by molar-refractivity contribution is 0.0636. The molecule has 0 bridgehead atoms. The van der Waals surface area contributed by atoms with Crippen molar-refractivity contribution in [3.63, 3.8) is 0 Å². The highest BCUT2D eigenvalue weighted by atomic mass is 35.5. The van der Waals surface area contributed by atoms with Gasteiger partial charge in [-0.15, -0.1) is 0 Å². The molecule has 0 aliphatic carbocycles. The number of aromatic nitrogens is 3. The molecule has 3 rings (SSSR count). The second-order valence-electron chi connectivity index (χ2n) is 6.19. The predicted molar refractivity (Wildman–Crippen MR) is 94.1 cm³/mol. The average Bonchev–Trinajstić information content (AvgIpc) is 2.98. The summed E-state index contributed by atoms with van der Waals surface area (Å²) < 4.78 is 1.71. The molecule has 1 saturated heterocycles. The van der Waals surface area contributed by atoms with E-state index in [0.717, 1.165) is 30.9 Å². The minimum atomic E-state index is 0.0204. The van der Waals surface area contributed by atoms with Gasteiger partial charge in [0.2, 0.25) is 0 Å². The normalized spacial score (nSPS) is 17.8. The van der Waals surface area contributed by atoms with E-state index in [1.807, 2.05) is 18.0 Å². The van der Waals surface area contributed by atoms with Crippen LogP contribution >= 0.6 is 11.6 Å². The quantitative estimate of drug-likeness (QED) is 0.923. The fraction of sp³-hybridized carbons (Fsp3) is 0.471. The third kappa shape index (κ3) is 3.53. The number of halogens is 1. The number of aryl methyl sites for hydroxylation is 1. The second-order valence-corrected chi connectivity index (χ2v) is 6.60. The van der Waals surface area contributed by atoms with Gasteiger partial charge in [0.1, 0.15) is 12.2 Å². The summed E-state index contributed by atoms with van der Waals surface area (Å²) >= 11 is 6.36. The molecule has 128 valence electrons. The molecule has 1 fully saturated rings. The van der Waals surface area contributed by atoms with Crippen molar-refractivity contribution in [1.82, 2.24) is 19.7 Å². The first-order valence-corrected chi connectivity index (χ1v) is 8.61. The molecule has 1 amide bonds. The molecule has 1 atom stereocenters. The maximum Gasteiger partial charge on any atom is 0.255 e. The zero-order valence-corrected chi connectivity index (χ0v) is 14.8. The Labute approximate surface area is 146 Å². The van der Waals surface area contributed by atoms with E-state index in [2.05, 4.69) is 22.3 Å². The molecule has 1 aliphatic rings. The van der Waals surface area contributed by atoms with Crippen molar-refractivity contribution in [3.05, 3.63) is 40.9 Å². The first-order valence-electron chi connectivity index (χ1n) is 8.23. The molecule has 1 aliphatic heterocycles. The Morgan fingerprint density at radius 3 is 2.92 bits per heavy atom. The Bertz CT molecular complexity index is 730. The van der Waals surface area contributed by atoms with Crippen molar-refractivity contribution in [2.24, 2.45) is 7.05 Å². The molecule has 0 radical (unpaired) electrons. The van der Waals surface area contributed by atoms with Gasteiger partial charge >= 0.3 is 0 Å². The summed E-state index contributed by atoms with van der Waals surface area (Å²) in [5, 5.41) is 7.76. The van der Waals surface area contributed by atoms with E-state index in [1.165, 1.54) is 12.7 Å². The highest BCUT2D eigenvalue weighted by molar-refractivity contribution is 6.34. The molecular weight excluding hydrogens is 326 g/mol. The number of nitrogens with one attached hydrogen (secondary N) is 1. The predicted octanol–water partition coefficient (Wildman–Crippen LogP) is 3.10. The number of amides is 1. The lowest BCUT2D eigenvalue weighted by Gasteiger charge is -2.33. The van der Waals surface area contributed by atoms with Gasteiger partial charge in [0.05, 0.1) is 17.1 Å². The summed E-state index contributed by atoms with van der Waals surface area (Å²) in [5.74, 6) is 0.848. The number of hydrogen-bond donors (Lipinski definition) is 1. The van der Waals surface area contributed by atoms with Crippen molar-refractivity contribution in [3.8, 4) is 0 Å². The highest BCUT2D eigenvalue weighted by Crippen LogP contribution is 2.26. The maximum atomic E-state index is 12.7. The van der Waals surface area contributed by atoms with Gasteiger partial charge in [-0.1, -0.05) is 11.6 Å². The minimum absolute atomic E-state index is 0.0204. The average molecular weight is 348 g/mol. The van der Waals surface area contributed by atoms with Crippen molar-refractivity contribution < 1.29 is 4.79 Å². The van der Waals surface area contributed by atoms with Crippen LogP contribution in [0.2, 0.25) is 5.02 Å². The molecule has 6 nitrogen and oxygen atoms in total. The zero-order valence-electron chi connectivity index (χ0n) is 14.0. The van der Waals surface area contributed by atoms with Gasteiger partial charge in [-0.3, -0.25) is 9.48 Å². The number of carbonyl (C=O) groups is 1. The molecule has 2 aromatic rings. The van der Waals surface area contributed by atoms with Crippen molar-refractivity contribution in [1.29, 1.82) is 0 Å². The fourth-order valence-electron chi connectivity index (χ4n) is 3.01. The van der Waals surface area contributed by atoms with E-state index < -0.39 is 0 Å². The number of benzene rings is 1. The first-order chi connectivity index (χ1) is 11.6. The summed E-state index contributed by atoms with van der Waals surface area (Å²) in [7, 11) is 1.85. The molecule has 24 heavy (non-hydrogen) atoms. The van der Waals surface area contributed by atoms with Crippen LogP contribution < -0.4 is 5.32 Å². The Kier molecular flexibility index (Phi) is 5.04. The molecule has 1 aromatic heterocycles. The summed E-state index contributed by atoms with van der Waals surface area (Å²) in [6.07, 6.45) is 4.82. The Hall–Kier alpha value is -2.08. The highest BCUT2D eigenvalue weighted by Gasteiger charge is 2.25. The largest absolute Gasteiger partial charge is 0.378 e. The number of hydrogen-bond acceptors (Lipinski definition) is 4. The van der Waals surface area contributed by atoms with E-state index in [1.54, 1.807) is 16.8 Å². The smallest absolute Gasteiger partial charge is 0.255 e. The van der Waals surface area contributed by atoms with Crippen LogP contribution in [0, 0.1) is 0 Å². The van der Waals surface area contributed by atoms with Crippen LogP contribution in [0.15, 0.2) is 24.5 Å². The van der Waals surface area contributed by atoms with Crippen LogP contribution in [0.4, 0.5) is 5.69 Å². The number of anilines is 1. The molecule has 0 spiro atoms. The van der Waals surface area contributed by atoms with E-state index in [0.29, 0.717) is 17.1 Å². The first kappa shape index (κ1) is 16.8. The van der Waals surface area contributed by atoms with Gasteiger partial charge in [-0.2, -0.15) is 5.10 Å². The summed E-state index contributed by atoms with van der Waals surface area (Å²) in [6, 6.07) is 5.74. The number of rotatable bonds is 4. The zero-order chi connectivity index (χ0) is 17.1. The maximum absolute atomic E-state index is 12.7. The topological polar surface area (TPSA) is 63.1 Å². The van der Waals surface area contributed by atoms with Crippen LogP contribution in [-0.4, -0.2) is 38.2 Å². The summed E-state index contributed by atoms with van der Waals surface area (Å²) in [5.41, 5.74) is 1.42. The Morgan fingerprint density at radius 1 is 1.42 bits per heavy atom. The standard InChI is InChI=1S/C17H22ClN5O/c1-12-5-3-4-8-23(12)17(24)14-7-6-13(9-15(14)18)19-10-16-20-11-21-22(16)2/h6-7,9,11-12,19H,3-5,8,10H2,1-2H3/t12-/m1/s1. The number of nitrogens with zero attached hydrogens (tertiary/aromatic N) is 4. The van der Waals surface area contributed by atoms with Crippen LogP contribution in [0.25, 0.3) is 0 Å².